The molecular weight excluding hydrogens is 344 g/mol. The van der Waals surface area contributed by atoms with Crippen LogP contribution in [-0.2, 0) is 18.6 Å². The maximum atomic E-state index is 12.3. The number of aryl methyl sites for hydroxylation is 1. The first kappa shape index (κ1) is 15.6. The number of hydrogen-bond donors (Lipinski definition) is 1. The van der Waals surface area contributed by atoms with Crippen molar-refractivity contribution in [2.75, 3.05) is 0 Å². The second kappa shape index (κ2) is 6.29. The Morgan fingerprint density at radius 1 is 1.04 bits per heavy atom. The molecule has 130 valence electrons. The second-order valence-corrected chi connectivity index (χ2v) is 7.60. The summed E-state index contributed by atoms with van der Waals surface area (Å²) < 4.78 is 2.05. The molecule has 1 aliphatic rings. The average Bonchev–Trinajstić information content (AvgIpc) is 3.09. The van der Waals surface area contributed by atoms with Gasteiger partial charge in [-0.25, -0.2) is 0 Å². The first-order chi connectivity index (χ1) is 12.8. The number of hydrogen-bond acceptors (Lipinski definition) is 4. The standard InChI is InChI=1S/C20H18N4OS/c25-18-16-10-3-4-11-17(16)24-19(21-18)22-23-20(24)26-12-14-8-5-7-13-6-1-2-9-15(13)14/h1-2,5-9H,3-4,10-12H2,(H,21,22,25). The minimum atomic E-state index is -0.00907. The summed E-state index contributed by atoms with van der Waals surface area (Å²) in [6.45, 7) is 0. The number of aromatic nitrogens is 4. The van der Waals surface area contributed by atoms with E-state index in [4.69, 9.17) is 0 Å². The van der Waals surface area contributed by atoms with Gasteiger partial charge in [0.15, 0.2) is 5.16 Å². The van der Waals surface area contributed by atoms with Crippen LogP contribution in [0.15, 0.2) is 52.4 Å². The van der Waals surface area contributed by atoms with Crippen LogP contribution < -0.4 is 5.56 Å². The van der Waals surface area contributed by atoms with Gasteiger partial charge in [0.2, 0.25) is 5.78 Å². The topological polar surface area (TPSA) is 63.0 Å². The van der Waals surface area contributed by atoms with E-state index in [1.54, 1.807) is 11.8 Å². The lowest BCUT2D eigenvalue weighted by atomic mass is 9.97. The molecule has 0 fully saturated rings. The summed E-state index contributed by atoms with van der Waals surface area (Å²) in [5.41, 5.74) is 3.25. The summed E-state index contributed by atoms with van der Waals surface area (Å²) in [4.78, 5) is 15.2. The summed E-state index contributed by atoms with van der Waals surface area (Å²) in [5, 5.41) is 11.9. The quantitative estimate of drug-likeness (QED) is 0.564. The van der Waals surface area contributed by atoms with Crippen molar-refractivity contribution < 1.29 is 0 Å². The van der Waals surface area contributed by atoms with Crippen molar-refractivity contribution in [3.05, 3.63) is 69.6 Å². The van der Waals surface area contributed by atoms with E-state index in [-0.39, 0.29) is 5.56 Å². The Kier molecular flexibility index (Phi) is 3.78. The van der Waals surface area contributed by atoms with Crippen LogP contribution in [0, 0.1) is 0 Å². The molecule has 1 aliphatic carbocycles. The Hall–Kier alpha value is -2.60. The molecule has 0 saturated heterocycles. The lowest BCUT2D eigenvalue weighted by molar-refractivity contribution is 0.639. The van der Waals surface area contributed by atoms with Crippen molar-refractivity contribution in [1.82, 2.24) is 19.6 Å². The number of thioether (sulfide) groups is 1. The molecule has 26 heavy (non-hydrogen) atoms. The smallest absolute Gasteiger partial charge is 0.255 e. The number of nitrogens with one attached hydrogen (secondary N) is 1. The molecule has 0 spiro atoms. The maximum Gasteiger partial charge on any atom is 0.255 e. The highest BCUT2D eigenvalue weighted by Crippen LogP contribution is 2.28. The molecule has 2 heterocycles. The van der Waals surface area contributed by atoms with Crippen LogP contribution in [0.1, 0.15) is 29.7 Å². The summed E-state index contributed by atoms with van der Waals surface area (Å²) in [5.74, 6) is 1.37. The molecule has 5 rings (SSSR count). The van der Waals surface area contributed by atoms with Crippen molar-refractivity contribution in [2.45, 2.75) is 36.6 Å². The fourth-order valence-corrected chi connectivity index (χ4v) is 4.77. The van der Waals surface area contributed by atoms with Crippen molar-refractivity contribution >= 4 is 28.3 Å². The minimum absolute atomic E-state index is 0.00907. The summed E-state index contributed by atoms with van der Waals surface area (Å²) in [6, 6.07) is 14.8. The fraction of sp³-hybridized carbons (Fsp3) is 0.250. The van der Waals surface area contributed by atoms with Gasteiger partial charge in [-0.15, -0.1) is 10.2 Å². The normalized spacial score (nSPS) is 14.0. The first-order valence-corrected chi connectivity index (χ1v) is 9.88. The Morgan fingerprint density at radius 3 is 2.85 bits per heavy atom. The van der Waals surface area contributed by atoms with Crippen molar-refractivity contribution in [1.29, 1.82) is 0 Å². The molecule has 0 unspecified atom stereocenters. The van der Waals surface area contributed by atoms with Crippen LogP contribution >= 0.6 is 11.8 Å². The van der Waals surface area contributed by atoms with Crippen LogP contribution in [0.4, 0.5) is 0 Å². The van der Waals surface area contributed by atoms with E-state index in [0.29, 0.717) is 5.78 Å². The average molecular weight is 362 g/mol. The number of rotatable bonds is 3. The Labute approximate surface area is 154 Å². The monoisotopic (exact) mass is 362 g/mol. The van der Waals surface area contributed by atoms with Gasteiger partial charge in [0.1, 0.15) is 0 Å². The van der Waals surface area contributed by atoms with Crippen LogP contribution in [-0.4, -0.2) is 19.6 Å². The number of aromatic amines is 1. The minimum Gasteiger partial charge on any atom is -0.290 e. The van der Waals surface area contributed by atoms with E-state index in [2.05, 4.69) is 57.6 Å². The zero-order valence-corrected chi connectivity index (χ0v) is 15.1. The van der Waals surface area contributed by atoms with Crippen molar-refractivity contribution in [2.24, 2.45) is 0 Å². The zero-order chi connectivity index (χ0) is 17.5. The Morgan fingerprint density at radius 2 is 1.88 bits per heavy atom. The van der Waals surface area contributed by atoms with E-state index in [9.17, 15) is 4.79 Å². The van der Waals surface area contributed by atoms with Gasteiger partial charge in [0.25, 0.3) is 5.56 Å². The predicted octanol–water partition coefficient (Wildman–Crippen LogP) is 3.74. The van der Waals surface area contributed by atoms with Crippen molar-refractivity contribution in [3.8, 4) is 0 Å². The molecule has 4 aromatic rings. The van der Waals surface area contributed by atoms with Crippen LogP contribution in [0.5, 0.6) is 0 Å². The van der Waals surface area contributed by atoms with Gasteiger partial charge < -0.3 is 0 Å². The van der Waals surface area contributed by atoms with E-state index in [1.165, 1.54) is 16.3 Å². The molecule has 2 aromatic heterocycles. The molecule has 0 aliphatic heterocycles. The molecule has 0 radical (unpaired) electrons. The maximum absolute atomic E-state index is 12.3. The van der Waals surface area contributed by atoms with E-state index < -0.39 is 0 Å². The van der Waals surface area contributed by atoms with Crippen LogP contribution in [0.3, 0.4) is 0 Å². The van der Waals surface area contributed by atoms with Gasteiger partial charge in [-0.05, 0) is 42.0 Å². The van der Waals surface area contributed by atoms with E-state index in [0.717, 1.165) is 47.8 Å². The van der Waals surface area contributed by atoms with Gasteiger partial charge >= 0.3 is 0 Å². The Balaban J connectivity index is 1.55. The molecule has 0 atom stereocenters. The lowest BCUT2D eigenvalue weighted by Crippen LogP contribution is -2.22. The Bertz CT molecular complexity index is 1170. The summed E-state index contributed by atoms with van der Waals surface area (Å²) >= 11 is 1.67. The van der Waals surface area contributed by atoms with Crippen LogP contribution in [0.2, 0.25) is 0 Å². The van der Waals surface area contributed by atoms with Gasteiger partial charge in [-0.1, -0.05) is 54.2 Å². The molecule has 1 N–H and O–H groups in total. The lowest BCUT2D eigenvalue weighted by Gasteiger charge is -2.16. The highest BCUT2D eigenvalue weighted by Gasteiger charge is 2.20. The highest BCUT2D eigenvalue weighted by atomic mass is 32.2. The van der Waals surface area contributed by atoms with Gasteiger partial charge in [0.05, 0.1) is 0 Å². The molecule has 0 saturated carbocycles. The molecular formula is C20H18N4OS. The number of benzene rings is 2. The summed E-state index contributed by atoms with van der Waals surface area (Å²) in [6.07, 6.45) is 3.93. The predicted molar refractivity (Wildman–Crippen MR) is 104 cm³/mol. The van der Waals surface area contributed by atoms with Gasteiger partial charge in [-0.3, -0.25) is 14.2 Å². The highest BCUT2D eigenvalue weighted by molar-refractivity contribution is 7.98. The molecule has 2 aromatic carbocycles. The first-order valence-electron chi connectivity index (χ1n) is 8.90. The third-order valence-electron chi connectivity index (χ3n) is 5.08. The molecule has 0 bridgehead atoms. The van der Waals surface area contributed by atoms with E-state index >= 15 is 0 Å². The third-order valence-corrected chi connectivity index (χ3v) is 6.06. The van der Waals surface area contributed by atoms with Gasteiger partial charge in [0, 0.05) is 17.0 Å². The van der Waals surface area contributed by atoms with Crippen LogP contribution in [0.25, 0.3) is 16.6 Å². The number of fused-ring (bicyclic) bond motifs is 4. The molecule has 5 nitrogen and oxygen atoms in total. The SMILES string of the molecule is O=c1[nH]c2nnc(SCc3cccc4ccccc34)n2c2c1CCCC2. The molecule has 6 heteroatoms. The number of H-pyrrole nitrogens is 1. The fourth-order valence-electron chi connectivity index (χ4n) is 3.81. The van der Waals surface area contributed by atoms with Gasteiger partial charge in [-0.2, -0.15) is 0 Å². The largest absolute Gasteiger partial charge is 0.290 e. The third kappa shape index (κ3) is 2.52. The summed E-state index contributed by atoms with van der Waals surface area (Å²) in [7, 11) is 0. The molecule has 0 amide bonds. The number of nitrogens with zero attached hydrogens (tertiary/aromatic N) is 3. The van der Waals surface area contributed by atoms with E-state index in [1.807, 2.05) is 4.40 Å². The van der Waals surface area contributed by atoms with Crippen molar-refractivity contribution in [3.63, 3.8) is 0 Å². The zero-order valence-electron chi connectivity index (χ0n) is 14.2. The second-order valence-electron chi connectivity index (χ2n) is 6.66.